The predicted molar refractivity (Wildman–Crippen MR) is 104 cm³/mol. The van der Waals surface area contributed by atoms with Gasteiger partial charge in [0.05, 0.1) is 6.04 Å². The molecule has 1 atom stereocenters. The second kappa shape index (κ2) is 9.74. The topological polar surface area (TPSA) is 15.3 Å². The fourth-order valence-corrected chi connectivity index (χ4v) is 2.99. The fourth-order valence-electron chi connectivity index (χ4n) is 2.99. The summed E-state index contributed by atoms with van der Waals surface area (Å²) in [5.41, 5.74) is 3.87. The Labute approximate surface area is 151 Å². The van der Waals surface area contributed by atoms with Crippen molar-refractivity contribution in [3.8, 4) is 11.1 Å². The summed E-state index contributed by atoms with van der Waals surface area (Å²) in [6.07, 6.45) is 2.06. The second-order valence-electron chi connectivity index (χ2n) is 5.46. The maximum absolute atomic E-state index is 4.05. The van der Waals surface area contributed by atoms with E-state index in [-0.39, 0.29) is 24.8 Å². The first-order chi connectivity index (χ1) is 10.4. The molecule has 124 valence electrons. The van der Waals surface area contributed by atoms with Gasteiger partial charge in [-0.2, -0.15) is 0 Å². The molecule has 1 aliphatic rings. The summed E-state index contributed by atoms with van der Waals surface area (Å²) in [7, 11) is 0. The number of nitrogens with zero attached hydrogens (tertiary/aromatic N) is 1. The van der Waals surface area contributed by atoms with Crippen molar-refractivity contribution in [3.63, 3.8) is 0 Å². The molecule has 0 unspecified atom stereocenters. The molecule has 1 aliphatic heterocycles. The van der Waals surface area contributed by atoms with Gasteiger partial charge in [-0.25, -0.2) is 0 Å². The summed E-state index contributed by atoms with van der Waals surface area (Å²) in [5.74, 6) is 0. The minimum atomic E-state index is 0. The molecule has 23 heavy (non-hydrogen) atoms. The van der Waals surface area contributed by atoms with Crippen molar-refractivity contribution in [3.05, 3.63) is 72.8 Å². The number of halogens is 2. The molecule has 1 saturated heterocycles. The van der Waals surface area contributed by atoms with Crippen LogP contribution in [0.1, 0.15) is 11.6 Å². The summed E-state index contributed by atoms with van der Waals surface area (Å²) < 4.78 is 0. The maximum Gasteiger partial charge on any atom is 0.0530 e. The number of rotatable bonds is 4. The maximum atomic E-state index is 4.05. The molecule has 0 radical (unpaired) electrons. The van der Waals surface area contributed by atoms with Crippen LogP contribution >= 0.6 is 24.8 Å². The van der Waals surface area contributed by atoms with Crippen molar-refractivity contribution in [1.29, 1.82) is 0 Å². The van der Waals surface area contributed by atoms with E-state index in [0.717, 1.165) is 26.2 Å². The Balaban J connectivity index is 0.00000132. The first kappa shape index (κ1) is 19.7. The van der Waals surface area contributed by atoms with Gasteiger partial charge < -0.3 is 5.32 Å². The van der Waals surface area contributed by atoms with Gasteiger partial charge in [0.15, 0.2) is 0 Å². The summed E-state index contributed by atoms with van der Waals surface area (Å²) >= 11 is 0. The Morgan fingerprint density at radius 3 is 2.22 bits per heavy atom. The van der Waals surface area contributed by atoms with E-state index in [0.29, 0.717) is 6.04 Å². The van der Waals surface area contributed by atoms with Gasteiger partial charge in [0, 0.05) is 26.2 Å². The van der Waals surface area contributed by atoms with Gasteiger partial charge in [0.1, 0.15) is 0 Å². The highest BCUT2D eigenvalue weighted by molar-refractivity contribution is 5.85. The van der Waals surface area contributed by atoms with Crippen LogP contribution in [0, 0.1) is 0 Å². The Kier molecular flexibility index (Phi) is 8.35. The molecule has 0 aliphatic carbocycles. The second-order valence-corrected chi connectivity index (χ2v) is 5.46. The molecule has 0 spiro atoms. The van der Waals surface area contributed by atoms with Crippen molar-refractivity contribution in [1.82, 2.24) is 10.2 Å². The first-order valence-corrected chi connectivity index (χ1v) is 7.61. The van der Waals surface area contributed by atoms with E-state index in [1.807, 2.05) is 0 Å². The van der Waals surface area contributed by atoms with E-state index in [1.54, 1.807) is 0 Å². The average molecular weight is 351 g/mol. The van der Waals surface area contributed by atoms with Crippen LogP contribution in [0.4, 0.5) is 0 Å². The summed E-state index contributed by atoms with van der Waals surface area (Å²) in [5, 5.41) is 3.41. The van der Waals surface area contributed by atoms with E-state index in [4.69, 9.17) is 0 Å². The van der Waals surface area contributed by atoms with Crippen molar-refractivity contribution in [2.24, 2.45) is 0 Å². The lowest BCUT2D eigenvalue weighted by Gasteiger charge is -2.33. The zero-order valence-corrected chi connectivity index (χ0v) is 14.8. The first-order valence-electron chi connectivity index (χ1n) is 7.61. The molecule has 2 nitrogen and oxygen atoms in total. The van der Waals surface area contributed by atoms with Gasteiger partial charge in [0.25, 0.3) is 0 Å². The molecule has 2 aromatic carbocycles. The molecule has 2 aromatic rings. The molecule has 0 saturated carbocycles. The molecule has 1 N–H and O–H groups in total. The van der Waals surface area contributed by atoms with Gasteiger partial charge in [-0.05, 0) is 22.8 Å². The highest BCUT2D eigenvalue weighted by Gasteiger charge is 2.19. The van der Waals surface area contributed by atoms with Gasteiger partial charge in [-0.1, -0.05) is 54.6 Å². The van der Waals surface area contributed by atoms with Crippen molar-refractivity contribution < 1.29 is 0 Å². The predicted octanol–water partition coefficient (Wildman–Crippen LogP) is 4.33. The van der Waals surface area contributed by atoms with Crippen LogP contribution in [-0.2, 0) is 0 Å². The normalized spacial score (nSPS) is 15.8. The number of benzene rings is 2. The zero-order chi connectivity index (χ0) is 14.5. The van der Waals surface area contributed by atoms with Gasteiger partial charge >= 0.3 is 0 Å². The van der Waals surface area contributed by atoms with Crippen LogP contribution in [-0.4, -0.2) is 31.1 Å². The summed E-state index contributed by atoms with van der Waals surface area (Å²) in [6, 6.07) is 19.7. The number of hydrogen-bond acceptors (Lipinski definition) is 2. The van der Waals surface area contributed by atoms with Gasteiger partial charge in [-0.3, -0.25) is 4.90 Å². The lowest BCUT2D eigenvalue weighted by Crippen LogP contribution is -2.44. The average Bonchev–Trinajstić information content (AvgIpc) is 2.58. The molecule has 3 rings (SSSR count). The Morgan fingerprint density at radius 2 is 1.57 bits per heavy atom. The van der Waals surface area contributed by atoms with Crippen LogP contribution in [0.15, 0.2) is 67.3 Å². The summed E-state index contributed by atoms with van der Waals surface area (Å²) in [6.45, 7) is 8.32. The molecule has 0 bridgehead atoms. The van der Waals surface area contributed by atoms with Gasteiger partial charge in [-0.15, -0.1) is 31.4 Å². The number of hydrogen-bond donors (Lipinski definition) is 1. The van der Waals surface area contributed by atoms with E-state index >= 15 is 0 Å². The summed E-state index contributed by atoms with van der Waals surface area (Å²) in [4.78, 5) is 2.49. The van der Waals surface area contributed by atoms with Crippen molar-refractivity contribution in [2.75, 3.05) is 26.2 Å². The van der Waals surface area contributed by atoms with E-state index in [1.165, 1.54) is 16.7 Å². The van der Waals surface area contributed by atoms with Crippen molar-refractivity contribution >= 4 is 24.8 Å². The minimum absolute atomic E-state index is 0. The Morgan fingerprint density at radius 1 is 0.913 bits per heavy atom. The highest BCUT2D eigenvalue weighted by Crippen LogP contribution is 2.27. The Bertz CT molecular complexity index is 595. The molecule has 1 heterocycles. The van der Waals surface area contributed by atoms with Crippen LogP contribution in [0.3, 0.4) is 0 Å². The van der Waals surface area contributed by atoms with E-state index < -0.39 is 0 Å². The molecule has 4 heteroatoms. The van der Waals surface area contributed by atoms with Crippen LogP contribution < -0.4 is 5.32 Å². The van der Waals surface area contributed by atoms with Crippen molar-refractivity contribution in [2.45, 2.75) is 6.04 Å². The molecule has 1 fully saturated rings. The smallest absolute Gasteiger partial charge is 0.0530 e. The standard InChI is InChI=1S/C19H22N2.2ClH/c1-2-19(21-13-11-20-12-14-21)18-10-6-9-17(15-18)16-7-4-3-5-8-16;;/h2-10,15,19-20H,1,11-14H2;2*1H/t19-;;/m1../s1. The van der Waals surface area contributed by atoms with E-state index in [2.05, 4.69) is 77.5 Å². The number of nitrogens with one attached hydrogen (secondary N) is 1. The molecule has 0 amide bonds. The van der Waals surface area contributed by atoms with Gasteiger partial charge in [0.2, 0.25) is 0 Å². The van der Waals surface area contributed by atoms with Crippen LogP contribution in [0.2, 0.25) is 0 Å². The SMILES string of the molecule is C=C[C@H](c1cccc(-c2ccccc2)c1)N1CCNCC1.Cl.Cl. The fraction of sp³-hybridized carbons (Fsp3) is 0.263. The lowest BCUT2D eigenvalue weighted by molar-refractivity contribution is 0.203. The monoisotopic (exact) mass is 350 g/mol. The third-order valence-corrected chi connectivity index (χ3v) is 4.10. The zero-order valence-electron chi connectivity index (χ0n) is 13.2. The molecular weight excluding hydrogens is 327 g/mol. The molecule has 0 aromatic heterocycles. The van der Waals surface area contributed by atoms with Crippen LogP contribution in [0.25, 0.3) is 11.1 Å². The third kappa shape index (κ3) is 4.82. The number of piperazine rings is 1. The Hall–Kier alpha value is -1.32. The lowest BCUT2D eigenvalue weighted by atomic mass is 9.98. The van der Waals surface area contributed by atoms with Crippen LogP contribution in [0.5, 0.6) is 0 Å². The quantitative estimate of drug-likeness (QED) is 0.825. The largest absolute Gasteiger partial charge is 0.314 e. The third-order valence-electron chi connectivity index (χ3n) is 4.10. The van der Waals surface area contributed by atoms with E-state index in [9.17, 15) is 0 Å². The highest BCUT2D eigenvalue weighted by atomic mass is 35.5. The minimum Gasteiger partial charge on any atom is -0.314 e. The molecular formula is C19H24Cl2N2.